The van der Waals surface area contributed by atoms with E-state index in [0.717, 1.165) is 12.8 Å². The van der Waals surface area contributed by atoms with Gasteiger partial charge in [-0.25, -0.2) is 0 Å². The summed E-state index contributed by atoms with van der Waals surface area (Å²) in [6.07, 6.45) is 1.10. The van der Waals surface area contributed by atoms with Crippen molar-refractivity contribution >= 4 is 6.98 Å². The molecule has 1 aliphatic heterocycles. The summed E-state index contributed by atoms with van der Waals surface area (Å²) in [4.78, 5) is 1.41. The van der Waals surface area contributed by atoms with Gasteiger partial charge in [0.25, 0.3) is 0 Å². The number of rotatable bonds is 5. The van der Waals surface area contributed by atoms with Gasteiger partial charge in [0.1, 0.15) is 0 Å². The van der Waals surface area contributed by atoms with Crippen molar-refractivity contribution in [2.75, 3.05) is 26.1 Å². The Bertz CT molecular complexity index is 176. The fourth-order valence-electron chi connectivity index (χ4n) is 1.70. The van der Waals surface area contributed by atoms with E-state index in [9.17, 15) is 12.9 Å². The van der Waals surface area contributed by atoms with Crippen LogP contribution in [-0.4, -0.2) is 44.1 Å². The average Bonchev–Trinajstić information content (AvgIpc) is 2.53. The molecule has 1 atom stereocenters. The van der Waals surface area contributed by atoms with E-state index in [0.29, 0.717) is 19.7 Å². The minimum absolute atomic E-state index is 0. The van der Waals surface area contributed by atoms with Crippen LogP contribution in [0.15, 0.2) is 0 Å². The first-order valence-corrected chi connectivity index (χ1v) is 5.06. The Hall–Kier alpha value is 1.41. The maximum Gasteiger partial charge on any atom is 1.00 e. The normalized spacial score (nSPS) is 21.8. The predicted molar refractivity (Wildman–Crippen MR) is 50.2 cm³/mol. The second-order valence-electron chi connectivity index (χ2n) is 3.70. The van der Waals surface area contributed by atoms with Crippen LogP contribution < -0.4 is 51.4 Å². The Morgan fingerprint density at radius 1 is 1.40 bits per heavy atom. The molecule has 2 nitrogen and oxygen atoms in total. The quantitative estimate of drug-likeness (QED) is 0.572. The van der Waals surface area contributed by atoms with Crippen molar-refractivity contribution in [1.29, 1.82) is 0 Å². The van der Waals surface area contributed by atoms with E-state index in [-0.39, 0.29) is 57.5 Å². The van der Waals surface area contributed by atoms with Gasteiger partial charge in [-0.05, 0) is 25.8 Å². The smallest absolute Gasteiger partial charge is 0.448 e. The first-order valence-electron chi connectivity index (χ1n) is 5.06. The van der Waals surface area contributed by atoms with Gasteiger partial charge in [0.15, 0.2) is 0 Å². The van der Waals surface area contributed by atoms with Gasteiger partial charge in [0.05, 0.1) is 6.10 Å². The van der Waals surface area contributed by atoms with Crippen LogP contribution in [0.1, 0.15) is 19.8 Å². The van der Waals surface area contributed by atoms with Crippen molar-refractivity contribution in [2.45, 2.75) is 25.9 Å². The van der Waals surface area contributed by atoms with Crippen LogP contribution in [0.5, 0.6) is 0 Å². The van der Waals surface area contributed by atoms with Gasteiger partial charge in [-0.15, -0.1) is 0 Å². The number of nitrogens with zero attached hydrogens (tertiary/aromatic N) is 1. The fraction of sp³-hybridized carbons (Fsp3) is 1.00. The van der Waals surface area contributed by atoms with Gasteiger partial charge in [0.2, 0.25) is 0 Å². The SMILES string of the molecule is CCN(CC1CCCO1)C[B-](F)(F)F.[K+]. The fourth-order valence-corrected chi connectivity index (χ4v) is 1.70. The van der Waals surface area contributed by atoms with E-state index in [1.165, 1.54) is 4.90 Å². The molecule has 0 saturated carbocycles. The third kappa shape index (κ3) is 7.36. The molecule has 0 amide bonds. The third-order valence-electron chi connectivity index (χ3n) is 2.40. The molecule has 7 heteroatoms. The van der Waals surface area contributed by atoms with Crippen LogP contribution >= 0.6 is 0 Å². The van der Waals surface area contributed by atoms with Crippen LogP contribution in [0, 0.1) is 0 Å². The number of ether oxygens (including phenoxy) is 1. The molecule has 0 aromatic carbocycles. The maximum absolute atomic E-state index is 12.1. The molecule has 0 radical (unpaired) electrons. The Kier molecular flexibility index (Phi) is 8.41. The minimum atomic E-state index is -4.71. The third-order valence-corrected chi connectivity index (χ3v) is 2.40. The zero-order valence-electron chi connectivity index (χ0n) is 9.39. The number of halogens is 3. The molecule has 1 aliphatic rings. The first kappa shape index (κ1) is 16.4. The van der Waals surface area contributed by atoms with Crippen molar-refractivity contribution in [2.24, 2.45) is 0 Å². The van der Waals surface area contributed by atoms with Gasteiger partial charge < -0.3 is 22.6 Å². The number of hydrogen-bond donors (Lipinski definition) is 0. The summed E-state index contributed by atoms with van der Waals surface area (Å²) in [7, 11) is 0. The van der Waals surface area contributed by atoms with E-state index in [1.54, 1.807) is 6.92 Å². The zero-order chi connectivity index (χ0) is 10.6. The summed E-state index contributed by atoms with van der Waals surface area (Å²) in [5.74, 6) is 0. The van der Waals surface area contributed by atoms with Crippen LogP contribution in [0.25, 0.3) is 0 Å². The molecule has 1 fully saturated rings. The Morgan fingerprint density at radius 2 is 2.07 bits per heavy atom. The molecule has 1 saturated heterocycles. The molecule has 0 aromatic heterocycles. The topological polar surface area (TPSA) is 12.5 Å². The Morgan fingerprint density at radius 3 is 2.47 bits per heavy atom. The monoisotopic (exact) mass is 249 g/mol. The molecule has 1 unspecified atom stereocenters. The van der Waals surface area contributed by atoms with Crippen molar-refractivity contribution in [3.8, 4) is 0 Å². The van der Waals surface area contributed by atoms with Gasteiger partial charge in [-0.2, -0.15) is 0 Å². The minimum Gasteiger partial charge on any atom is -0.448 e. The van der Waals surface area contributed by atoms with Gasteiger partial charge in [-0.1, -0.05) is 6.92 Å². The van der Waals surface area contributed by atoms with Crippen molar-refractivity contribution in [3.05, 3.63) is 0 Å². The predicted octanol–water partition coefficient (Wildman–Crippen LogP) is -1.12. The second kappa shape index (κ2) is 7.68. The molecule has 1 heterocycles. The summed E-state index contributed by atoms with van der Waals surface area (Å²) < 4.78 is 41.7. The van der Waals surface area contributed by atoms with Crippen molar-refractivity contribution in [1.82, 2.24) is 4.90 Å². The van der Waals surface area contributed by atoms with Crippen molar-refractivity contribution < 1.29 is 69.1 Å². The number of likely N-dealkylation sites (N-methyl/N-ethyl adjacent to an activating group) is 1. The molecule has 0 bridgehead atoms. The van der Waals surface area contributed by atoms with E-state index in [1.807, 2.05) is 0 Å². The van der Waals surface area contributed by atoms with Gasteiger partial charge in [0, 0.05) is 13.2 Å². The Balaban J connectivity index is 0.00000196. The summed E-state index contributed by atoms with van der Waals surface area (Å²) in [6, 6.07) is 0. The van der Waals surface area contributed by atoms with E-state index >= 15 is 0 Å². The molecule has 0 aliphatic carbocycles. The van der Waals surface area contributed by atoms with E-state index < -0.39 is 13.4 Å². The molecule has 84 valence electrons. The summed E-state index contributed by atoms with van der Waals surface area (Å²) in [5.41, 5.74) is 0. The number of hydrogen-bond acceptors (Lipinski definition) is 2. The molecular formula is C8H16BF3KNO. The molecule has 0 aromatic rings. The van der Waals surface area contributed by atoms with E-state index in [2.05, 4.69) is 0 Å². The molecule has 0 N–H and O–H groups in total. The van der Waals surface area contributed by atoms with Crippen LogP contribution in [0.4, 0.5) is 12.9 Å². The molecule has 1 rings (SSSR count). The second-order valence-corrected chi connectivity index (χ2v) is 3.70. The Labute approximate surface area is 131 Å². The van der Waals surface area contributed by atoms with E-state index in [4.69, 9.17) is 4.74 Å². The van der Waals surface area contributed by atoms with Crippen molar-refractivity contribution in [3.63, 3.8) is 0 Å². The molecular weight excluding hydrogens is 233 g/mol. The molecule has 0 spiro atoms. The average molecular weight is 249 g/mol. The summed E-state index contributed by atoms with van der Waals surface area (Å²) in [5, 5.41) is 0. The maximum atomic E-state index is 12.1. The van der Waals surface area contributed by atoms with Crippen LogP contribution in [0.2, 0.25) is 0 Å². The zero-order valence-corrected chi connectivity index (χ0v) is 12.5. The first-order chi connectivity index (χ1) is 6.51. The summed E-state index contributed by atoms with van der Waals surface area (Å²) >= 11 is 0. The van der Waals surface area contributed by atoms with Gasteiger partial charge in [-0.3, -0.25) is 0 Å². The largest absolute Gasteiger partial charge is 1.00 e. The summed E-state index contributed by atoms with van der Waals surface area (Å²) in [6.45, 7) is -1.42. The molecule has 15 heavy (non-hydrogen) atoms. The standard InChI is InChI=1S/C8H16BF3NO.K/c1-2-13(7-9(10,11)12)6-8-4-3-5-14-8;/h8H,2-7H2,1H3;/q-1;+1. The van der Waals surface area contributed by atoms with Gasteiger partial charge >= 0.3 is 58.4 Å². The van der Waals surface area contributed by atoms with Crippen LogP contribution in [-0.2, 0) is 4.74 Å². The van der Waals surface area contributed by atoms with Crippen LogP contribution in [0.3, 0.4) is 0 Å².